The standard InChI is InChI=1S/C24H31ClN4O/c25-20-6-4-5-19(16-20)24(17-26)10-7-21(8-11-24)28-23(30)18-9-12-27-22(15-18)29-13-2-1-3-14-29/h4-6,9,12,15-16,21H,1-3,7-8,10-11,13-14,17,26H2,(H,28,30)/t21-,24-. The smallest absolute Gasteiger partial charge is 0.251 e. The van der Waals surface area contributed by atoms with E-state index in [1.54, 1.807) is 6.20 Å². The summed E-state index contributed by atoms with van der Waals surface area (Å²) in [5.74, 6) is 0.901. The van der Waals surface area contributed by atoms with Crippen molar-refractivity contribution in [2.75, 3.05) is 24.5 Å². The van der Waals surface area contributed by atoms with Gasteiger partial charge in [0.1, 0.15) is 5.82 Å². The van der Waals surface area contributed by atoms with E-state index in [0.29, 0.717) is 12.1 Å². The highest BCUT2D eigenvalue weighted by atomic mass is 35.5. The van der Waals surface area contributed by atoms with Gasteiger partial charge in [-0.1, -0.05) is 23.7 Å². The molecule has 1 aliphatic carbocycles. The monoisotopic (exact) mass is 426 g/mol. The molecule has 1 saturated heterocycles. The largest absolute Gasteiger partial charge is 0.357 e. The number of aromatic nitrogens is 1. The highest BCUT2D eigenvalue weighted by Gasteiger charge is 2.36. The number of rotatable bonds is 5. The van der Waals surface area contributed by atoms with E-state index >= 15 is 0 Å². The molecule has 2 heterocycles. The van der Waals surface area contributed by atoms with Crippen molar-refractivity contribution in [3.8, 4) is 0 Å². The van der Waals surface area contributed by atoms with Crippen LogP contribution in [0.3, 0.4) is 0 Å². The van der Waals surface area contributed by atoms with Gasteiger partial charge in [-0.2, -0.15) is 0 Å². The Morgan fingerprint density at radius 3 is 2.63 bits per heavy atom. The SMILES string of the molecule is NC[C@]1(c2cccc(Cl)c2)CC[C@H](NC(=O)c2ccnc(N3CCCCC3)c2)CC1. The molecule has 1 aromatic carbocycles. The lowest BCUT2D eigenvalue weighted by molar-refractivity contribution is 0.0918. The number of nitrogens with one attached hydrogen (secondary N) is 1. The predicted molar refractivity (Wildman–Crippen MR) is 122 cm³/mol. The van der Waals surface area contributed by atoms with Crippen LogP contribution in [0.2, 0.25) is 5.02 Å². The molecule has 30 heavy (non-hydrogen) atoms. The van der Waals surface area contributed by atoms with E-state index in [-0.39, 0.29) is 17.4 Å². The molecule has 0 radical (unpaired) electrons. The van der Waals surface area contributed by atoms with Crippen LogP contribution in [0.1, 0.15) is 60.9 Å². The van der Waals surface area contributed by atoms with Crippen LogP contribution >= 0.6 is 11.6 Å². The van der Waals surface area contributed by atoms with E-state index in [9.17, 15) is 4.79 Å². The zero-order valence-corrected chi connectivity index (χ0v) is 18.2. The highest BCUT2D eigenvalue weighted by Crippen LogP contribution is 2.39. The number of carbonyl (C=O) groups excluding carboxylic acids is 1. The first-order valence-electron chi connectivity index (χ1n) is 11.1. The number of piperidine rings is 1. The van der Waals surface area contributed by atoms with Crippen LogP contribution in [-0.2, 0) is 5.41 Å². The second-order valence-electron chi connectivity index (χ2n) is 8.69. The Labute approximate surface area is 184 Å². The number of pyridine rings is 1. The molecule has 0 spiro atoms. The second-order valence-corrected chi connectivity index (χ2v) is 9.13. The molecule has 2 aromatic rings. The van der Waals surface area contributed by atoms with Gasteiger partial charge in [0, 0.05) is 47.9 Å². The van der Waals surface area contributed by atoms with Gasteiger partial charge in [0.2, 0.25) is 0 Å². The van der Waals surface area contributed by atoms with Crippen LogP contribution in [0.4, 0.5) is 5.82 Å². The Morgan fingerprint density at radius 1 is 1.17 bits per heavy atom. The summed E-state index contributed by atoms with van der Waals surface area (Å²) in [5, 5.41) is 3.99. The molecular weight excluding hydrogens is 396 g/mol. The number of nitrogens with two attached hydrogens (primary N) is 1. The zero-order chi connectivity index (χ0) is 21.0. The number of halogens is 1. The molecule has 1 aromatic heterocycles. The van der Waals surface area contributed by atoms with Gasteiger partial charge in [-0.25, -0.2) is 4.98 Å². The molecule has 3 N–H and O–H groups in total. The zero-order valence-electron chi connectivity index (χ0n) is 17.4. The van der Waals surface area contributed by atoms with Crippen LogP contribution < -0.4 is 16.0 Å². The first-order chi connectivity index (χ1) is 14.6. The number of anilines is 1. The maximum absolute atomic E-state index is 12.9. The van der Waals surface area contributed by atoms with Crippen LogP contribution in [0.15, 0.2) is 42.6 Å². The molecule has 4 rings (SSSR count). The fraction of sp³-hybridized carbons (Fsp3) is 0.500. The summed E-state index contributed by atoms with van der Waals surface area (Å²) in [6.07, 6.45) is 9.13. The molecule has 1 amide bonds. The first-order valence-corrected chi connectivity index (χ1v) is 11.5. The van der Waals surface area contributed by atoms with E-state index in [0.717, 1.165) is 49.6 Å². The Hall–Kier alpha value is -2.11. The Balaban J connectivity index is 1.38. The minimum atomic E-state index is -0.0514. The van der Waals surface area contributed by atoms with Gasteiger partial charge in [0.25, 0.3) is 5.91 Å². The van der Waals surface area contributed by atoms with E-state index < -0.39 is 0 Å². The third-order valence-electron chi connectivity index (χ3n) is 6.79. The molecule has 0 bridgehead atoms. The number of amides is 1. The molecule has 1 saturated carbocycles. The van der Waals surface area contributed by atoms with Crippen molar-refractivity contribution in [1.82, 2.24) is 10.3 Å². The first kappa shape index (κ1) is 21.1. The molecule has 2 fully saturated rings. The maximum Gasteiger partial charge on any atom is 0.251 e. The fourth-order valence-corrected chi connectivity index (χ4v) is 5.06. The Bertz CT molecular complexity index is 873. The summed E-state index contributed by atoms with van der Waals surface area (Å²) in [5.41, 5.74) is 8.05. The normalized spacial score (nSPS) is 24.5. The van der Waals surface area contributed by atoms with E-state index in [4.69, 9.17) is 17.3 Å². The summed E-state index contributed by atoms with van der Waals surface area (Å²) >= 11 is 6.21. The summed E-state index contributed by atoms with van der Waals surface area (Å²) in [7, 11) is 0. The van der Waals surface area contributed by atoms with Gasteiger partial charge in [-0.15, -0.1) is 0 Å². The minimum Gasteiger partial charge on any atom is -0.357 e. The van der Waals surface area contributed by atoms with Crippen molar-refractivity contribution in [1.29, 1.82) is 0 Å². The van der Waals surface area contributed by atoms with Crippen LogP contribution in [0.25, 0.3) is 0 Å². The Kier molecular flexibility index (Phi) is 6.59. The lowest BCUT2D eigenvalue weighted by atomic mass is 9.68. The molecule has 6 heteroatoms. The summed E-state index contributed by atoms with van der Waals surface area (Å²) < 4.78 is 0. The third kappa shape index (κ3) is 4.62. The van der Waals surface area contributed by atoms with Crippen molar-refractivity contribution in [3.05, 3.63) is 58.7 Å². The van der Waals surface area contributed by atoms with Gasteiger partial charge in [0.15, 0.2) is 0 Å². The van der Waals surface area contributed by atoms with E-state index in [1.165, 1.54) is 24.8 Å². The number of hydrogen-bond donors (Lipinski definition) is 2. The molecule has 0 atom stereocenters. The van der Waals surface area contributed by atoms with Gasteiger partial charge in [0.05, 0.1) is 0 Å². The maximum atomic E-state index is 12.9. The number of carbonyl (C=O) groups is 1. The number of hydrogen-bond acceptors (Lipinski definition) is 4. The molecule has 2 aliphatic rings. The van der Waals surface area contributed by atoms with Crippen molar-refractivity contribution in [2.24, 2.45) is 5.73 Å². The van der Waals surface area contributed by atoms with Crippen LogP contribution in [0, 0.1) is 0 Å². The van der Waals surface area contributed by atoms with Gasteiger partial charge >= 0.3 is 0 Å². The predicted octanol–water partition coefficient (Wildman–Crippen LogP) is 4.29. The van der Waals surface area contributed by atoms with Crippen molar-refractivity contribution in [2.45, 2.75) is 56.4 Å². The quantitative estimate of drug-likeness (QED) is 0.747. The van der Waals surface area contributed by atoms with Crippen molar-refractivity contribution < 1.29 is 4.79 Å². The minimum absolute atomic E-state index is 0.0105. The lowest BCUT2D eigenvalue weighted by Gasteiger charge is -2.40. The molecular formula is C24H31ClN4O. The summed E-state index contributed by atoms with van der Waals surface area (Å²) in [4.78, 5) is 19.7. The lowest BCUT2D eigenvalue weighted by Crippen LogP contribution is -2.45. The summed E-state index contributed by atoms with van der Waals surface area (Å²) in [6.45, 7) is 2.63. The average Bonchev–Trinajstić information content (AvgIpc) is 2.80. The fourth-order valence-electron chi connectivity index (χ4n) is 4.87. The van der Waals surface area contributed by atoms with Crippen LogP contribution in [-0.4, -0.2) is 36.6 Å². The summed E-state index contributed by atoms with van der Waals surface area (Å²) in [6, 6.07) is 12.0. The van der Waals surface area contributed by atoms with E-state index in [1.807, 2.05) is 30.3 Å². The van der Waals surface area contributed by atoms with E-state index in [2.05, 4.69) is 21.3 Å². The van der Waals surface area contributed by atoms with Crippen LogP contribution in [0.5, 0.6) is 0 Å². The topological polar surface area (TPSA) is 71.2 Å². The number of benzene rings is 1. The average molecular weight is 427 g/mol. The molecule has 160 valence electrons. The molecule has 0 unspecified atom stereocenters. The van der Waals surface area contributed by atoms with Crippen molar-refractivity contribution >= 4 is 23.3 Å². The second kappa shape index (κ2) is 9.36. The van der Waals surface area contributed by atoms with Gasteiger partial charge in [-0.3, -0.25) is 4.79 Å². The number of nitrogens with zero attached hydrogens (tertiary/aromatic N) is 2. The molecule has 5 nitrogen and oxygen atoms in total. The van der Waals surface area contributed by atoms with Crippen molar-refractivity contribution in [3.63, 3.8) is 0 Å². The van der Waals surface area contributed by atoms with Gasteiger partial charge < -0.3 is 16.0 Å². The third-order valence-corrected chi connectivity index (χ3v) is 7.03. The molecule has 1 aliphatic heterocycles. The Morgan fingerprint density at radius 2 is 1.93 bits per heavy atom. The highest BCUT2D eigenvalue weighted by molar-refractivity contribution is 6.30. The van der Waals surface area contributed by atoms with Gasteiger partial charge in [-0.05, 0) is 74.8 Å².